The Morgan fingerprint density at radius 1 is 1.13 bits per heavy atom. The summed E-state index contributed by atoms with van der Waals surface area (Å²) < 4.78 is 7.44. The fourth-order valence-electron chi connectivity index (χ4n) is 3.94. The summed E-state index contributed by atoms with van der Waals surface area (Å²) in [7, 11) is 0. The zero-order valence-electron chi connectivity index (χ0n) is 19.3. The van der Waals surface area contributed by atoms with E-state index >= 15 is 0 Å². The number of hydrogen-bond donors (Lipinski definition) is 0. The summed E-state index contributed by atoms with van der Waals surface area (Å²) in [5, 5.41) is 4.50. The standard InChI is InChI=1S/C24H32N4O3/c1-15(2)31-23(30)26-13-16(3)28(22(29)17-7-8-17)20-10-9-18(11-21(20)26)19-12-25-27(14-19)24(4,5)6/h9-12,14-17H,7-8,13H2,1-6H3/t16-/m0/s1. The number of hydrogen-bond acceptors (Lipinski definition) is 4. The van der Waals surface area contributed by atoms with E-state index < -0.39 is 0 Å². The molecular formula is C24H32N4O3. The molecule has 0 unspecified atom stereocenters. The minimum atomic E-state index is -0.385. The first kappa shape index (κ1) is 21.4. The lowest BCUT2D eigenvalue weighted by atomic mass is 10.0. The normalized spacial score (nSPS) is 18.9. The van der Waals surface area contributed by atoms with Crippen LogP contribution in [-0.4, -0.2) is 40.5 Å². The van der Waals surface area contributed by atoms with Crippen molar-refractivity contribution in [2.24, 2.45) is 5.92 Å². The molecule has 2 heterocycles. The third-order valence-corrected chi connectivity index (χ3v) is 5.74. The van der Waals surface area contributed by atoms with Gasteiger partial charge in [0.25, 0.3) is 0 Å². The van der Waals surface area contributed by atoms with Crippen LogP contribution in [0, 0.1) is 5.92 Å². The van der Waals surface area contributed by atoms with Crippen LogP contribution in [0.25, 0.3) is 11.1 Å². The predicted molar refractivity (Wildman–Crippen MR) is 121 cm³/mol. The van der Waals surface area contributed by atoms with Crippen LogP contribution in [-0.2, 0) is 15.1 Å². The first-order valence-corrected chi connectivity index (χ1v) is 11.1. The smallest absolute Gasteiger partial charge is 0.414 e. The number of aromatic nitrogens is 2. The quantitative estimate of drug-likeness (QED) is 0.710. The summed E-state index contributed by atoms with van der Waals surface area (Å²) in [6, 6.07) is 5.81. The van der Waals surface area contributed by atoms with Gasteiger partial charge in [-0.05, 0) is 72.1 Å². The molecule has 1 saturated carbocycles. The molecule has 1 aromatic heterocycles. The first-order chi connectivity index (χ1) is 14.6. The summed E-state index contributed by atoms with van der Waals surface area (Å²) in [6.07, 6.45) is 5.13. The number of carbonyl (C=O) groups excluding carboxylic acids is 2. The highest BCUT2D eigenvalue weighted by molar-refractivity contribution is 6.05. The lowest BCUT2D eigenvalue weighted by Gasteiger charge is -2.41. The highest BCUT2D eigenvalue weighted by Crippen LogP contribution is 2.42. The van der Waals surface area contributed by atoms with Crippen LogP contribution in [0.2, 0.25) is 0 Å². The second-order valence-corrected chi connectivity index (χ2v) is 9.92. The Kier molecular flexibility index (Phi) is 5.31. The van der Waals surface area contributed by atoms with E-state index in [2.05, 4.69) is 25.9 Å². The fraction of sp³-hybridized carbons (Fsp3) is 0.542. The van der Waals surface area contributed by atoms with Gasteiger partial charge in [-0.3, -0.25) is 14.4 Å². The average molecular weight is 425 g/mol. The van der Waals surface area contributed by atoms with Gasteiger partial charge in [-0.2, -0.15) is 5.10 Å². The number of fused-ring (bicyclic) bond motifs is 1. The molecule has 31 heavy (non-hydrogen) atoms. The third-order valence-electron chi connectivity index (χ3n) is 5.74. The number of amides is 2. The van der Waals surface area contributed by atoms with E-state index in [9.17, 15) is 9.59 Å². The highest BCUT2D eigenvalue weighted by atomic mass is 16.6. The molecule has 2 aromatic rings. The molecule has 4 rings (SSSR count). The van der Waals surface area contributed by atoms with Gasteiger partial charge in [0.15, 0.2) is 0 Å². The van der Waals surface area contributed by atoms with Crippen molar-refractivity contribution in [1.29, 1.82) is 0 Å². The molecule has 0 spiro atoms. The Morgan fingerprint density at radius 3 is 2.42 bits per heavy atom. The van der Waals surface area contributed by atoms with Crippen molar-refractivity contribution in [3.8, 4) is 11.1 Å². The summed E-state index contributed by atoms with van der Waals surface area (Å²) in [6.45, 7) is 12.4. The fourth-order valence-corrected chi connectivity index (χ4v) is 3.94. The van der Waals surface area contributed by atoms with Crippen molar-refractivity contribution in [2.75, 3.05) is 16.3 Å². The topological polar surface area (TPSA) is 67.7 Å². The molecular weight excluding hydrogens is 392 g/mol. The highest BCUT2D eigenvalue weighted by Gasteiger charge is 2.41. The molecule has 2 aliphatic rings. The molecule has 1 atom stereocenters. The van der Waals surface area contributed by atoms with Crippen LogP contribution in [0.5, 0.6) is 0 Å². The van der Waals surface area contributed by atoms with Crippen molar-refractivity contribution in [1.82, 2.24) is 9.78 Å². The summed E-state index contributed by atoms with van der Waals surface area (Å²) in [5.41, 5.74) is 3.27. The van der Waals surface area contributed by atoms with Gasteiger partial charge < -0.3 is 9.64 Å². The van der Waals surface area contributed by atoms with E-state index in [0.29, 0.717) is 12.2 Å². The number of nitrogens with zero attached hydrogens (tertiary/aromatic N) is 4. The molecule has 1 aromatic carbocycles. The summed E-state index contributed by atoms with van der Waals surface area (Å²) >= 11 is 0. The van der Waals surface area contributed by atoms with Crippen molar-refractivity contribution in [3.63, 3.8) is 0 Å². The maximum atomic E-state index is 13.0. The van der Waals surface area contributed by atoms with E-state index in [1.807, 2.05) is 60.9 Å². The molecule has 1 fully saturated rings. The van der Waals surface area contributed by atoms with Gasteiger partial charge in [-0.1, -0.05) is 6.07 Å². The molecule has 0 bridgehead atoms. The zero-order valence-corrected chi connectivity index (χ0v) is 19.3. The van der Waals surface area contributed by atoms with Crippen LogP contribution in [0.3, 0.4) is 0 Å². The SMILES string of the molecule is CC(C)OC(=O)N1C[C@H](C)N(C(=O)C2CC2)c2ccc(-c3cnn(C(C)(C)C)c3)cc21. The van der Waals surface area contributed by atoms with E-state index in [-0.39, 0.29) is 35.6 Å². The van der Waals surface area contributed by atoms with Gasteiger partial charge in [0, 0.05) is 24.2 Å². The Balaban J connectivity index is 1.77. The summed E-state index contributed by atoms with van der Waals surface area (Å²) in [5.74, 6) is 0.257. The van der Waals surface area contributed by atoms with Gasteiger partial charge in [0.1, 0.15) is 0 Å². The molecule has 7 heteroatoms. The van der Waals surface area contributed by atoms with Gasteiger partial charge in [-0.15, -0.1) is 0 Å². The number of rotatable bonds is 3. The monoisotopic (exact) mass is 424 g/mol. The molecule has 2 amide bonds. The van der Waals surface area contributed by atoms with E-state index in [1.54, 1.807) is 4.90 Å². The van der Waals surface area contributed by atoms with Crippen LogP contribution in [0.4, 0.5) is 16.2 Å². The molecule has 0 radical (unpaired) electrons. The van der Waals surface area contributed by atoms with Crippen molar-refractivity contribution >= 4 is 23.4 Å². The van der Waals surface area contributed by atoms with Crippen molar-refractivity contribution < 1.29 is 14.3 Å². The van der Waals surface area contributed by atoms with Crippen molar-refractivity contribution in [3.05, 3.63) is 30.6 Å². The van der Waals surface area contributed by atoms with Gasteiger partial charge >= 0.3 is 6.09 Å². The molecule has 1 aliphatic carbocycles. The molecule has 0 saturated heterocycles. The molecule has 166 valence electrons. The lowest BCUT2D eigenvalue weighted by molar-refractivity contribution is -0.120. The maximum absolute atomic E-state index is 13.0. The Bertz CT molecular complexity index is 1000. The van der Waals surface area contributed by atoms with Crippen LogP contribution in [0.1, 0.15) is 54.4 Å². The van der Waals surface area contributed by atoms with Crippen LogP contribution >= 0.6 is 0 Å². The van der Waals surface area contributed by atoms with Crippen LogP contribution in [0.15, 0.2) is 30.6 Å². The Hall–Kier alpha value is -2.83. The zero-order chi connectivity index (χ0) is 22.5. The van der Waals surface area contributed by atoms with Crippen molar-refractivity contribution in [2.45, 2.75) is 72.1 Å². The first-order valence-electron chi connectivity index (χ1n) is 11.1. The second-order valence-electron chi connectivity index (χ2n) is 9.92. The largest absolute Gasteiger partial charge is 0.446 e. The second kappa shape index (κ2) is 7.70. The van der Waals surface area contributed by atoms with E-state index in [1.165, 1.54) is 0 Å². The summed E-state index contributed by atoms with van der Waals surface area (Å²) in [4.78, 5) is 29.5. The number of benzene rings is 1. The Labute approximate surface area is 184 Å². The number of anilines is 2. The Morgan fingerprint density at radius 2 is 1.84 bits per heavy atom. The number of ether oxygens (including phenoxy) is 1. The van der Waals surface area contributed by atoms with Gasteiger partial charge in [0.05, 0.1) is 35.3 Å². The van der Waals surface area contributed by atoms with E-state index in [4.69, 9.17) is 4.74 Å². The maximum Gasteiger partial charge on any atom is 0.414 e. The lowest BCUT2D eigenvalue weighted by Crippen LogP contribution is -2.52. The van der Waals surface area contributed by atoms with Gasteiger partial charge in [0.2, 0.25) is 5.91 Å². The third kappa shape index (κ3) is 4.18. The minimum absolute atomic E-state index is 0.106. The minimum Gasteiger partial charge on any atom is -0.446 e. The number of carbonyl (C=O) groups is 2. The molecule has 1 aliphatic heterocycles. The molecule has 7 nitrogen and oxygen atoms in total. The van der Waals surface area contributed by atoms with E-state index in [0.717, 1.165) is 29.7 Å². The predicted octanol–water partition coefficient (Wildman–Crippen LogP) is 4.80. The van der Waals surface area contributed by atoms with Gasteiger partial charge in [-0.25, -0.2) is 4.79 Å². The molecule has 0 N–H and O–H groups in total. The average Bonchev–Trinajstić information content (AvgIpc) is 3.41. The van der Waals surface area contributed by atoms with Crippen LogP contribution < -0.4 is 9.80 Å².